The third kappa shape index (κ3) is 4.75. The van der Waals surface area contributed by atoms with Crippen LogP contribution < -0.4 is 10.1 Å². The molecule has 0 atom stereocenters. The van der Waals surface area contributed by atoms with Crippen LogP contribution in [0.1, 0.15) is 19.4 Å². The number of nitrogens with one attached hydrogen (secondary N) is 1. The summed E-state index contributed by atoms with van der Waals surface area (Å²) in [6.45, 7) is 5.47. The average molecular weight is 354 g/mol. The van der Waals surface area contributed by atoms with Gasteiger partial charge in [-0.25, -0.2) is 9.37 Å². The van der Waals surface area contributed by atoms with Crippen molar-refractivity contribution >= 4 is 15.9 Å². The minimum absolute atomic E-state index is 0.0428. The lowest BCUT2D eigenvalue weighted by atomic mass is 10.2. The minimum atomic E-state index is -0.450. The van der Waals surface area contributed by atoms with E-state index < -0.39 is 5.82 Å². The number of hydrogen-bond acceptors (Lipinski definition) is 4. The summed E-state index contributed by atoms with van der Waals surface area (Å²) in [7, 11) is 0. The minimum Gasteiger partial charge on any atom is -0.435 e. The quantitative estimate of drug-likeness (QED) is 0.854. The fourth-order valence-electron chi connectivity index (χ4n) is 1.73. The lowest BCUT2D eigenvalue weighted by molar-refractivity contribution is 0.415. The molecule has 2 rings (SSSR count). The standard InChI is InChI=1S/C15H17BrFN3O/c1-10(2)6-18-7-11-3-4-20-15(14(11)17)21-13-5-12(16)8-19-9-13/h3-5,8-10,18H,6-7H2,1-2H3. The average Bonchev–Trinajstić information content (AvgIpc) is 2.42. The summed E-state index contributed by atoms with van der Waals surface area (Å²) < 4.78 is 20.5. The number of pyridine rings is 2. The second-order valence-corrected chi connectivity index (χ2v) is 5.97. The summed E-state index contributed by atoms with van der Waals surface area (Å²) in [6.07, 6.45) is 4.68. The van der Waals surface area contributed by atoms with Crippen molar-refractivity contribution in [3.63, 3.8) is 0 Å². The van der Waals surface area contributed by atoms with E-state index in [0.29, 0.717) is 23.8 Å². The molecule has 0 fully saturated rings. The third-order valence-electron chi connectivity index (χ3n) is 2.70. The zero-order valence-corrected chi connectivity index (χ0v) is 13.5. The number of aromatic nitrogens is 2. The van der Waals surface area contributed by atoms with Gasteiger partial charge in [-0.2, -0.15) is 0 Å². The summed E-state index contributed by atoms with van der Waals surface area (Å²) in [5.41, 5.74) is 0.531. The van der Waals surface area contributed by atoms with Crippen LogP contribution >= 0.6 is 15.9 Å². The fourth-order valence-corrected chi connectivity index (χ4v) is 2.07. The molecule has 0 aliphatic carbocycles. The molecule has 112 valence electrons. The van der Waals surface area contributed by atoms with Gasteiger partial charge in [0.15, 0.2) is 5.82 Å². The van der Waals surface area contributed by atoms with Gasteiger partial charge in [-0.05, 0) is 40.5 Å². The number of ether oxygens (including phenoxy) is 1. The Bertz CT molecular complexity index is 607. The van der Waals surface area contributed by atoms with Crippen LogP contribution in [0.25, 0.3) is 0 Å². The van der Waals surface area contributed by atoms with E-state index in [9.17, 15) is 4.39 Å². The molecule has 0 aliphatic rings. The van der Waals surface area contributed by atoms with Crippen LogP contribution in [-0.4, -0.2) is 16.5 Å². The zero-order chi connectivity index (χ0) is 15.2. The molecule has 0 aromatic carbocycles. The maximum absolute atomic E-state index is 14.3. The van der Waals surface area contributed by atoms with E-state index in [-0.39, 0.29) is 5.88 Å². The summed E-state index contributed by atoms with van der Waals surface area (Å²) in [5.74, 6) is 0.453. The molecule has 0 saturated carbocycles. The first kappa shape index (κ1) is 15.9. The maximum Gasteiger partial charge on any atom is 0.256 e. The molecular formula is C15H17BrFN3O. The Morgan fingerprint density at radius 3 is 2.90 bits per heavy atom. The first-order chi connectivity index (χ1) is 10.1. The van der Waals surface area contributed by atoms with Crippen molar-refractivity contribution in [3.8, 4) is 11.6 Å². The van der Waals surface area contributed by atoms with Gasteiger partial charge in [-0.1, -0.05) is 13.8 Å². The molecule has 0 amide bonds. The monoisotopic (exact) mass is 353 g/mol. The Morgan fingerprint density at radius 2 is 2.19 bits per heavy atom. The van der Waals surface area contributed by atoms with Gasteiger partial charge >= 0.3 is 0 Å². The van der Waals surface area contributed by atoms with E-state index in [1.807, 2.05) is 0 Å². The van der Waals surface area contributed by atoms with Crippen LogP contribution in [0, 0.1) is 11.7 Å². The lowest BCUT2D eigenvalue weighted by Crippen LogP contribution is -2.19. The smallest absolute Gasteiger partial charge is 0.256 e. The molecule has 0 radical (unpaired) electrons. The number of halogens is 2. The molecule has 0 aliphatic heterocycles. The van der Waals surface area contributed by atoms with Crippen LogP contribution in [0.15, 0.2) is 35.2 Å². The van der Waals surface area contributed by atoms with Crippen LogP contribution in [0.5, 0.6) is 11.6 Å². The maximum atomic E-state index is 14.3. The van der Waals surface area contributed by atoms with Crippen LogP contribution in [0.2, 0.25) is 0 Å². The molecule has 21 heavy (non-hydrogen) atoms. The topological polar surface area (TPSA) is 47.0 Å². The highest BCUT2D eigenvalue weighted by atomic mass is 79.9. The van der Waals surface area contributed by atoms with Crippen molar-refractivity contribution in [2.75, 3.05) is 6.54 Å². The van der Waals surface area contributed by atoms with Crippen molar-refractivity contribution in [3.05, 3.63) is 46.6 Å². The molecule has 2 aromatic rings. The highest BCUT2D eigenvalue weighted by Gasteiger charge is 2.12. The molecule has 0 bridgehead atoms. The Hall–Kier alpha value is -1.53. The predicted molar refractivity (Wildman–Crippen MR) is 82.8 cm³/mol. The Balaban J connectivity index is 2.10. The molecule has 0 unspecified atom stereocenters. The van der Waals surface area contributed by atoms with Gasteiger partial charge in [0.25, 0.3) is 5.88 Å². The van der Waals surface area contributed by atoms with E-state index in [2.05, 4.69) is 45.1 Å². The van der Waals surface area contributed by atoms with Crippen molar-refractivity contribution in [1.29, 1.82) is 0 Å². The van der Waals surface area contributed by atoms with Gasteiger partial charge in [0.1, 0.15) is 5.75 Å². The molecular weight excluding hydrogens is 337 g/mol. The van der Waals surface area contributed by atoms with Crippen LogP contribution in [0.4, 0.5) is 4.39 Å². The predicted octanol–water partition coefficient (Wildman–Crippen LogP) is 3.92. The van der Waals surface area contributed by atoms with E-state index in [1.54, 1.807) is 18.3 Å². The summed E-state index contributed by atoms with van der Waals surface area (Å²) in [6, 6.07) is 3.35. The second-order valence-electron chi connectivity index (χ2n) is 5.05. The number of rotatable bonds is 6. The Kier molecular flexibility index (Phi) is 5.64. The highest BCUT2D eigenvalue weighted by Crippen LogP contribution is 2.25. The molecule has 4 nitrogen and oxygen atoms in total. The SMILES string of the molecule is CC(C)CNCc1ccnc(Oc2cncc(Br)c2)c1F. The normalized spacial score (nSPS) is 10.9. The first-order valence-corrected chi connectivity index (χ1v) is 7.48. The molecule has 2 heterocycles. The number of hydrogen-bond donors (Lipinski definition) is 1. The van der Waals surface area contributed by atoms with Crippen LogP contribution in [0.3, 0.4) is 0 Å². The van der Waals surface area contributed by atoms with E-state index >= 15 is 0 Å². The molecule has 2 aromatic heterocycles. The van der Waals surface area contributed by atoms with Crippen molar-refractivity contribution < 1.29 is 9.13 Å². The Morgan fingerprint density at radius 1 is 1.38 bits per heavy atom. The van der Waals surface area contributed by atoms with Crippen molar-refractivity contribution in [2.45, 2.75) is 20.4 Å². The first-order valence-electron chi connectivity index (χ1n) is 6.68. The molecule has 6 heteroatoms. The van der Waals surface area contributed by atoms with Gasteiger partial charge in [0.2, 0.25) is 0 Å². The van der Waals surface area contributed by atoms with E-state index in [4.69, 9.17) is 4.74 Å². The highest BCUT2D eigenvalue weighted by molar-refractivity contribution is 9.10. The van der Waals surface area contributed by atoms with Crippen molar-refractivity contribution in [1.82, 2.24) is 15.3 Å². The second kappa shape index (κ2) is 7.47. The van der Waals surface area contributed by atoms with Gasteiger partial charge in [-0.15, -0.1) is 0 Å². The van der Waals surface area contributed by atoms with Gasteiger partial charge < -0.3 is 10.1 Å². The molecule has 1 N–H and O–H groups in total. The number of nitrogens with zero attached hydrogens (tertiary/aromatic N) is 2. The molecule has 0 saturated heterocycles. The van der Waals surface area contributed by atoms with Crippen LogP contribution in [-0.2, 0) is 6.54 Å². The summed E-state index contributed by atoms with van der Waals surface area (Å²) in [5, 5.41) is 3.20. The fraction of sp³-hybridized carbons (Fsp3) is 0.333. The lowest BCUT2D eigenvalue weighted by Gasteiger charge is -2.10. The largest absolute Gasteiger partial charge is 0.435 e. The van der Waals surface area contributed by atoms with E-state index in [1.165, 1.54) is 12.4 Å². The zero-order valence-electron chi connectivity index (χ0n) is 11.9. The summed E-state index contributed by atoms with van der Waals surface area (Å²) >= 11 is 3.29. The summed E-state index contributed by atoms with van der Waals surface area (Å²) in [4.78, 5) is 7.91. The molecule has 0 spiro atoms. The van der Waals surface area contributed by atoms with Crippen molar-refractivity contribution in [2.24, 2.45) is 5.92 Å². The van der Waals surface area contributed by atoms with E-state index in [0.717, 1.165) is 11.0 Å². The van der Waals surface area contributed by atoms with Gasteiger partial charge in [0, 0.05) is 29.0 Å². The third-order valence-corrected chi connectivity index (χ3v) is 3.13. The Labute approximate surface area is 131 Å². The van der Waals surface area contributed by atoms with Gasteiger partial charge in [-0.3, -0.25) is 4.98 Å². The van der Waals surface area contributed by atoms with Gasteiger partial charge in [0.05, 0.1) is 6.20 Å².